The normalized spacial score (nSPS) is 11.9. The van der Waals surface area contributed by atoms with Crippen molar-refractivity contribution >= 4 is 34.7 Å². The van der Waals surface area contributed by atoms with Crippen molar-refractivity contribution in [1.29, 1.82) is 0 Å². The fraction of sp³-hybridized carbons (Fsp3) is 0.0857. The minimum atomic E-state index is -0.512. The van der Waals surface area contributed by atoms with Crippen molar-refractivity contribution in [3.8, 4) is 11.1 Å². The van der Waals surface area contributed by atoms with Crippen LogP contribution in [0.4, 0.5) is 0 Å². The Labute approximate surface area is 233 Å². The maximum absolute atomic E-state index is 13.5. The molecule has 5 aromatic rings. The molecule has 198 valence electrons. The molecule has 40 heavy (non-hydrogen) atoms. The predicted octanol–water partition coefficient (Wildman–Crippen LogP) is 6.11. The third-order valence-corrected chi connectivity index (χ3v) is 6.92. The van der Waals surface area contributed by atoms with E-state index in [4.69, 9.17) is 5.73 Å². The van der Waals surface area contributed by atoms with Crippen LogP contribution < -0.4 is 11.1 Å². The molecule has 0 aliphatic heterocycles. The summed E-state index contributed by atoms with van der Waals surface area (Å²) in [6.45, 7) is -0.188. The minimum Gasteiger partial charge on any atom is -0.394 e. The number of primary amides is 1. The third kappa shape index (κ3) is 6.01. The van der Waals surface area contributed by atoms with Gasteiger partial charge in [0.15, 0.2) is 0 Å². The van der Waals surface area contributed by atoms with Gasteiger partial charge in [0, 0.05) is 5.56 Å². The van der Waals surface area contributed by atoms with Crippen LogP contribution in [-0.2, 0) is 6.42 Å². The largest absolute Gasteiger partial charge is 0.394 e. The molecule has 0 aliphatic carbocycles. The van der Waals surface area contributed by atoms with Gasteiger partial charge < -0.3 is 16.2 Å². The number of carbonyl (C=O) groups is 2. The highest BCUT2D eigenvalue weighted by atomic mass is 16.3. The van der Waals surface area contributed by atoms with E-state index in [9.17, 15) is 14.7 Å². The first-order chi connectivity index (χ1) is 19.5. The summed E-state index contributed by atoms with van der Waals surface area (Å²) in [5.74, 6) is -0.801. The van der Waals surface area contributed by atoms with Crippen LogP contribution in [0, 0.1) is 0 Å². The summed E-state index contributed by atoms with van der Waals surface area (Å²) < 4.78 is 0. The predicted molar refractivity (Wildman–Crippen MR) is 162 cm³/mol. The second-order valence-electron chi connectivity index (χ2n) is 9.66. The van der Waals surface area contributed by atoms with E-state index in [1.165, 1.54) is 0 Å². The Morgan fingerprint density at radius 3 is 2.23 bits per heavy atom. The molecule has 0 heterocycles. The number of benzene rings is 5. The van der Waals surface area contributed by atoms with Crippen molar-refractivity contribution in [2.75, 3.05) is 6.61 Å². The van der Waals surface area contributed by atoms with E-state index in [0.717, 1.165) is 27.5 Å². The summed E-state index contributed by atoms with van der Waals surface area (Å²) in [5.41, 5.74) is 10.9. The quantitative estimate of drug-likeness (QED) is 0.202. The summed E-state index contributed by atoms with van der Waals surface area (Å²) >= 11 is 0. The molecule has 2 amide bonds. The Kier molecular flexibility index (Phi) is 8.14. The van der Waals surface area contributed by atoms with Gasteiger partial charge in [0.25, 0.3) is 5.91 Å². The second kappa shape index (κ2) is 12.2. The van der Waals surface area contributed by atoms with E-state index in [2.05, 4.69) is 5.32 Å². The molecule has 4 N–H and O–H groups in total. The number of fused-ring (bicyclic) bond motifs is 1. The molecule has 1 unspecified atom stereocenters. The molecule has 0 saturated carbocycles. The van der Waals surface area contributed by atoms with Crippen LogP contribution in [-0.4, -0.2) is 29.6 Å². The van der Waals surface area contributed by atoms with Gasteiger partial charge in [-0.25, -0.2) is 0 Å². The second-order valence-corrected chi connectivity index (χ2v) is 9.66. The molecular weight excluding hydrogens is 496 g/mol. The average molecular weight is 527 g/mol. The molecule has 0 saturated heterocycles. The zero-order chi connectivity index (χ0) is 27.9. The molecule has 0 fully saturated rings. The Bertz CT molecular complexity index is 1680. The van der Waals surface area contributed by atoms with Gasteiger partial charge in [-0.3, -0.25) is 9.59 Å². The Morgan fingerprint density at radius 1 is 0.800 bits per heavy atom. The van der Waals surface area contributed by atoms with Crippen LogP contribution in [0.5, 0.6) is 0 Å². The molecule has 5 heteroatoms. The standard InChI is InChI=1S/C35H30N2O3/c36-34(39)33-30-14-8-7-13-26(30)17-19-31(33)27-18-20-32(28(22-27)16-15-24-9-3-1-4-10-24)35(40)37-29(23-38)21-25-11-5-2-6-12-25/h1-20,22,29,38H,21,23H2,(H2,36,39)(H,37,40). The molecule has 5 aromatic carbocycles. The molecule has 0 radical (unpaired) electrons. The third-order valence-electron chi connectivity index (χ3n) is 6.92. The van der Waals surface area contributed by atoms with Gasteiger partial charge in [0.2, 0.25) is 5.91 Å². The first-order valence-corrected chi connectivity index (χ1v) is 13.2. The molecule has 0 spiro atoms. The maximum atomic E-state index is 13.5. The lowest BCUT2D eigenvalue weighted by molar-refractivity contribution is 0.0915. The van der Waals surface area contributed by atoms with Crippen LogP contribution in [0.2, 0.25) is 0 Å². The van der Waals surface area contributed by atoms with Gasteiger partial charge in [0.05, 0.1) is 18.2 Å². The van der Waals surface area contributed by atoms with Crippen molar-refractivity contribution in [3.05, 3.63) is 143 Å². The van der Waals surface area contributed by atoms with Gasteiger partial charge in [-0.1, -0.05) is 115 Å². The summed E-state index contributed by atoms with van der Waals surface area (Å²) in [5, 5.41) is 14.7. The average Bonchev–Trinajstić information content (AvgIpc) is 2.99. The van der Waals surface area contributed by atoms with Crippen molar-refractivity contribution in [2.24, 2.45) is 5.73 Å². The fourth-order valence-corrected chi connectivity index (χ4v) is 4.93. The number of carbonyl (C=O) groups excluding carboxylic acids is 2. The first kappa shape index (κ1) is 26.6. The molecular formula is C35H30N2O3. The van der Waals surface area contributed by atoms with Gasteiger partial charge >= 0.3 is 0 Å². The molecule has 1 atom stereocenters. The van der Waals surface area contributed by atoms with E-state index < -0.39 is 11.9 Å². The highest BCUT2D eigenvalue weighted by molar-refractivity contribution is 6.12. The Morgan fingerprint density at radius 2 is 1.50 bits per heavy atom. The van der Waals surface area contributed by atoms with Crippen molar-refractivity contribution in [2.45, 2.75) is 12.5 Å². The monoisotopic (exact) mass is 526 g/mol. The Hall–Kier alpha value is -5.00. The number of nitrogens with one attached hydrogen (secondary N) is 1. The summed E-state index contributed by atoms with van der Waals surface area (Å²) in [6.07, 6.45) is 4.35. The lowest BCUT2D eigenvalue weighted by Crippen LogP contribution is -2.39. The SMILES string of the molecule is NC(=O)c1c(-c2ccc(C(=O)NC(CO)Cc3ccccc3)c(C=Cc3ccccc3)c2)ccc2ccccc12. The molecule has 5 rings (SSSR count). The molecule has 0 aromatic heterocycles. The zero-order valence-corrected chi connectivity index (χ0v) is 22.0. The van der Waals surface area contributed by atoms with E-state index >= 15 is 0 Å². The van der Waals surface area contributed by atoms with Gasteiger partial charge in [0.1, 0.15) is 0 Å². The van der Waals surface area contributed by atoms with Crippen molar-refractivity contribution in [1.82, 2.24) is 5.32 Å². The van der Waals surface area contributed by atoms with Crippen LogP contribution in [0.25, 0.3) is 34.1 Å². The number of rotatable bonds is 9. The number of hydrogen-bond donors (Lipinski definition) is 3. The summed E-state index contributed by atoms with van der Waals surface area (Å²) in [6, 6.07) is 36.1. The highest BCUT2D eigenvalue weighted by Crippen LogP contribution is 2.32. The topological polar surface area (TPSA) is 92.4 Å². The lowest BCUT2D eigenvalue weighted by atomic mass is 9.91. The highest BCUT2D eigenvalue weighted by Gasteiger charge is 2.19. The van der Waals surface area contributed by atoms with Gasteiger partial charge in [-0.15, -0.1) is 0 Å². The van der Waals surface area contributed by atoms with Crippen LogP contribution in [0.15, 0.2) is 115 Å². The fourth-order valence-electron chi connectivity index (χ4n) is 4.93. The number of aliphatic hydroxyl groups excluding tert-OH is 1. The van der Waals surface area contributed by atoms with Gasteiger partial charge in [-0.2, -0.15) is 0 Å². The van der Waals surface area contributed by atoms with Crippen LogP contribution in [0.3, 0.4) is 0 Å². The van der Waals surface area contributed by atoms with Crippen LogP contribution in [0.1, 0.15) is 37.4 Å². The smallest absolute Gasteiger partial charge is 0.252 e. The number of aliphatic hydroxyl groups is 1. The van der Waals surface area contributed by atoms with Crippen LogP contribution >= 0.6 is 0 Å². The number of amides is 2. The first-order valence-electron chi connectivity index (χ1n) is 13.2. The number of hydrogen-bond acceptors (Lipinski definition) is 3. The lowest BCUT2D eigenvalue weighted by Gasteiger charge is -2.18. The summed E-state index contributed by atoms with van der Waals surface area (Å²) in [7, 11) is 0. The van der Waals surface area contributed by atoms with Crippen molar-refractivity contribution in [3.63, 3.8) is 0 Å². The minimum absolute atomic E-state index is 0.188. The zero-order valence-electron chi connectivity index (χ0n) is 22.0. The van der Waals surface area contributed by atoms with Crippen molar-refractivity contribution < 1.29 is 14.7 Å². The molecule has 5 nitrogen and oxygen atoms in total. The summed E-state index contributed by atoms with van der Waals surface area (Å²) in [4.78, 5) is 26.1. The molecule has 0 bridgehead atoms. The molecule has 0 aliphatic rings. The van der Waals surface area contributed by atoms with E-state index in [0.29, 0.717) is 28.7 Å². The Balaban J connectivity index is 1.55. The van der Waals surface area contributed by atoms with E-state index in [-0.39, 0.29) is 12.5 Å². The number of nitrogens with two attached hydrogens (primary N) is 1. The maximum Gasteiger partial charge on any atom is 0.252 e. The van der Waals surface area contributed by atoms with E-state index in [1.807, 2.05) is 121 Å². The van der Waals surface area contributed by atoms with Gasteiger partial charge in [-0.05, 0) is 57.1 Å². The van der Waals surface area contributed by atoms with E-state index in [1.54, 1.807) is 6.07 Å².